The molecule has 3 fully saturated rings. The molecule has 0 aliphatic carbocycles. The second-order valence-corrected chi connectivity index (χ2v) is 7.20. The first kappa shape index (κ1) is 16.7. The van der Waals surface area contributed by atoms with E-state index in [2.05, 4.69) is 25.1 Å². The molecule has 3 N–H and O–H groups in total. The van der Waals surface area contributed by atoms with Gasteiger partial charge in [-0.25, -0.2) is 4.79 Å². The highest BCUT2D eigenvalue weighted by Crippen LogP contribution is 2.38. The molecule has 1 unspecified atom stereocenters. The molecule has 1 aromatic rings. The summed E-state index contributed by atoms with van der Waals surface area (Å²) in [6.45, 7) is 2.60. The second-order valence-electron chi connectivity index (χ2n) is 6.20. The van der Waals surface area contributed by atoms with Gasteiger partial charge >= 0.3 is 16.4 Å². The summed E-state index contributed by atoms with van der Waals surface area (Å²) < 4.78 is 40.8. The van der Waals surface area contributed by atoms with Crippen molar-refractivity contribution in [3.63, 3.8) is 0 Å². The van der Waals surface area contributed by atoms with Gasteiger partial charge in [-0.3, -0.25) is 4.55 Å². The summed E-state index contributed by atoms with van der Waals surface area (Å²) in [7, 11) is -4.76. The molecule has 3 aliphatic heterocycles. The maximum absolute atomic E-state index is 12.4. The fraction of sp³-hybridized carbons (Fsp3) is 0.750. The summed E-state index contributed by atoms with van der Waals surface area (Å²) in [5.41, 5.74) is 0. The molecule has 0 spiro atoms. The lowest BCUT2D eigenvalue weighted by Crippen LogP contribution is -2.42. The molecule has 0 radical (unpaired) electrons. The van der Waals surface area contributed by atoms with E-state index in [0.717, 1.165) is 13.1 Å². The minimum Gasteiger partial charge on any atom is -0.421 e. The summed E-state index contributed by atoms with van der Waals surface area (Å²) in [6.07, 6.45) is 1.02. The molecule has 0 aromatic carbocycles. The number of aromatic nitrogens is 2. The van der Waals surface area contributed by atoms with Crippen LogP contribution in [0.1, 0.15) is 36.7 Å². The van der Waals surface area contributed by atoms with Crippen molar-refractivity contribution in [2.24, 2.45) is 0 Å². The number of piperazine rings is 1. The Morgan fingerprint density at radius 1 is 1.24 bits per heavy atom. The maximum atomic E-state index is 12.4. The summed E-state index contributed by atoms with van der Waals surface area (Å²) >= 11 is 0. The summed E-state index contributed by atoms with van der Waals surface area (Å²) in [5, 5.41) is 15.3. The van der Waals surface area contributed by atoms with Gasteiger partial charge in [0.05, 0.1) is 12.1 Å². The lowest BCUT2D eigenvalue weighted by Gasteiger charge is -2.27. The number of amides is 2. The van der Waals surface area contributed by atoms with Gasteiger partial charge in [-0.1, -0.05) is 0 Å². The lowest BCUT2D eigenvalue weighted by atomic mass is 10.0. The van der Waals surface area contributed by atoms with Gasteiger partial charge in [0.15, 0.2) is 0 Å². The third-order valence-electron chi connectivity index (χ3n) is 4.58. The molecule has 3 atom stereocenters. The molecule has 0 saturated carbocycles. The van der Waals surface area contributed by atoms with Crippen molar-refractivity contribution in [1.29, 1.82) is 0 Å². The topological polar surface area (TPSA) is 150 Å². The standard InChI is InChI=1S/C12H18N6O6S/c19-12-17-6-7(18(12)24-25(20,21)22)1-2-9(17)11-16-15-10(23-11)8-5-13-3-4-14-8/h7-9,13-14H,1-6H2,(H,20,21,22)/t7-,8?,9-/m0/s1. The normalized spacial score (nSPS) is 30.1. The molecule has 25 heavy (non-hydrogen) atoms. The number of hydroxylamine groups is 2. The van der Waals surface area contributed by atoms with Crippen molar-refractivity contribution in [3.05, 3.63) is 11.8 Å². The molecule has 2 bridgehead atoms. The van der Waals surface area contributed by atoms with Gasteiger partial charge in [-0.05, 0) is 12.8 Å². The highest BCUT2D eigenvalue weighted by Gasteiger charge is 2.49. The quantitative estimate of drug-likeness (QED) is 0.559. The van der Waals surface area contributed by atoms with E-state index >= 15 is 0 Å². The third-order valence-corrected chi connectivity index (χ3v) is 4.93. The zero-order valence-electron chi connectivity index (χ0n) is 13.2. The molecular formula is C12H18N6O6S. The summed E-state index contributed by atoms with van der Waals surface area (Å²) in [6, 6.07) is -1.63. The van der Waals surface area contributed by atoms with E-state index in [9.17, 15) is 13.2 Å². The van der Waals surface area contributed by atoms with Gasteiger partial charge in [-0.15, -0.1) is 14.5 Å². The highest BCUT2D eigenvalue weighted by atomic mass is 32.3. The average molecular weight is 374 g/mol. The first-order valence-corrected chi connectivity index (χ1v) is 9.33. The number of hydrogen-bond acceptors (Lipinski definition) is 9. The van der Waals surface area contributed by atoms with E-state index in [1.54, 1.807) is 0 Å². The largest absolute Gasteiger partial charge is 0.421 e. The first-order chi connectivity index (χ1) is 11.9. The Labute approximate surface area is 143 Å². The smallest absolute Gasteiger partial charge is 0.418 e. The predicted octanol–water partition coefficient (Wildman–Crippen LogP) is -1.02. The molecule has 2 amide bonds. The van der Waals surface area contributed by atoms with Crippen LogP contribution in [0.15, 0.2) is 4.42 Å². The number of fused-ring (bicyclic) bond motifs is 2. The summed E-state index contributed by atoms with van der Waals surface area (Å²) in [4.78, 5) is 13.8. The Balaban J connectivity index is 1.51. The molecule has 4 heterocycles. The second kappa shape index (κ2) is 6.17. The van der Waals surface area contributed by atoms with E-state index in [-0.39, 0.29) is 12.6 Å². The SMILES string of the molecule is O=C1N2C[C@H](CC[C@H]2c2nnc(C3CNCCN3)o2)N1OS(=O)(=O)O. The maximum Gasteiger partial charge on any atom is 0.418 e. The van der Waals surface area contributed by atoms with Crippen LogP contribution in [0.25, 0.3) is 0 Å². The Morgan fingerprint density at radius 2 is 2.04 bits per heavy atom. The van der Waals surface area contributed by atoms with Crippen LogP contribution in [0.5, 0.6) is 0 Å². The van der Waals surface area contributed by atoms with E-state index in [4.69, 9.17) is 8.97 Å². The van der Waals surface area contributed by atoms with E-state index < -0.39 is 28.5 Å². The molecular weight excluding hydrogens is 356 g/mol. The van der Waals surface area contributed by atoms with Crippen LogP contribution < -0.4 is 10.6 Å². The monoisotopic (exact) mass is 374 g/mol. The summed E-state index contributed by atoms with van der Waals surface area (Å²) in [5.74, 6) is 0.755. The number of urea groups is 1. The van der Waals surface area contributed by atoms with Crippen LogP contribution >= 0.6 is 0 Å². The van der Waals surface area contributed by atoms with Gasteiger partial charge in [0.1, 0.15) is 6.04 Å². The van der Waals surface area contributed by atoms with Crippen LogP contribution in [-0.4, -0.2) is 71.4 Å². The minimum atomic E-state index is -4.76. The zero-order chi connectivity index (χ0) is 17.6. The number of carbonyl (C=O) groups is 1. The molecule has 12 nitrogen and oxygen atoms in total. The van der Waals surface area contributed by atoms with Gasteiger partial charge in [0.2, 0.25) is 11.8 Å². The van der Waals surface area contributed by atoms with Crippen LogP contribution in [0.4, 0.5) is 4.79 Å². The zero-order valence-corrected chi connectivity index (χ0v) is 14.0. The fourth-order valence-corrected chi connectivity index (χ4v) is 3.83. The molecule has 3 aliphatic rings. The van der Waals surface area contributed by atoms with Crippen molar-refractivity contribution >= 4 is 16.4 Å². The Bertz CT molecular complexity index is 762. The molecule has 3 saturated heterocycles. The van der Waals surface area contributed by atoms with Crippen LogP contribution in [-0.2, 0) is 14.7 Å². The Hall–Kier alpha value is -1.80. The molecule has 13 heteroatoms. The van der Waals surface area contributed by atoms with E-state index in [0.29, 0.717) is 36.2 Å². The minimum absolute atomic E-state index is 0.0833. The van der Waals surface area contributed by atoms with Crippen LogP contribution in [0.2, 0.25) is 0 Å². The van der Waals surface area contributed by atoms with Crippen molar-refractivity contribution < 1.29 is 26.5 Å². The molecule has 138 valence electrons. The third kappa shape index (κ3) is 3.20. The number of carbonyl (C=O) groups excluding carboxylic acids is 1. The lowest BCUT2D eigenvalue weighted by molar-refractivity contribution is -0.0317. The van der Waals surface area contributed by atoms with Crippen molar-refractivity contribution in [2.45, 2.75) is 31.0 Å². The number of rotatable bonds is 4. The van der Waals surface area contributed by atoms with Gasteiger partial charge in [-0.2, -0.15) is 13.5 Å². The Morgan fingerprint density at radius 3 is 2.76 bits per heavy atom. The van der Waals surface area contributed by atoms with Gasteiger partial charge < -0.3 is 20.0 Å². The fourth-order valence-electron chi connectivity index (χ4n) is 3.44. The number of hydrogen-bond donors (Lipinski definition) is 3. The molecule has 1 aromatic heterocycles. The first-order valence-electron chi connectivity index (χ1n) is 7.96. The number of nitrogens with one attached hydrogen (secondary N) is 2. The number of nitrogens with zero attached hydrogens (tertiary/aromatic N) is 4. The van der Waals surface area contributed by atoms with Gasteiger partial charge in [0, 0.05) is 26.2 Å². The number of piperidine rings is 1. The average Bonchev–Trinajstić information content (AvgIpc) is 3.16. The Kier molecular flexibility index (Phi) is 4.11. The van der Waals surface area contributed by atoms with Crippen LogP contribution in [0.3, 0.4) is 0 Å². The molecule has 4 rings (SSSR count). The predicted molar refractivity (Wildman–Crippen MR) is 80.2 cm³/mol. The van der Waals surface area contributed by atoms with Gasteiger partial charge in [0.25, 0.3) is 0 Å². The van der Waals surface area contributed by atoms with Crippen molar-refractivity contribution in [1.82, 2.24) is 30.8 Å². The van der Waals surface area contributed by atoms with Crippen LogP contribution in [0, 0.1) is 0 Å². The highest BCUT2D eigenvalue weighted by molar-refractivity contribution is 7.80. The van der Waals surface area contributed by atoms with E-state index in [1.165, 1.54) is 4.90 Å². The van der Waals surface area contributed by atoms with Crippen molar-refractivity contribution in [3.8, 4) is 0 Å². The van der Waals surface area contributed by atoms with Crippen molar-refractivity contribution in [2.75, 3.05) is 26.2 Å². The van der Waals surface area contributed by atoms with E-state index in [1.807, 2.05) is 0 Å².